The lowest BCUT2D eigenvalue weighted by molar-refractivity contribution is 0.0240. The molecule has 0 spiro atoms. The van der Waals surface area contributed by atoms with Gasteiger partial charge in [0.15, 0.2) is 5.82 Å². The van der Waals surface area contributed by atoms with Crippen molar-refractivity contribution in [2.24, 2.45) is 0 Å². The molecule has 3 aromatic rings. The van der Waals surface area contributed by atoms with Crippen LogP contribution in [-0.2, 0) is 4.74 Å². The van der Waals surface area contributed by atoms with Crippen molar-refractivity contribution in [3.8, 4) is 11.4 Å². The number of aromatic nitrogens is 4. The Kier molecular flexibility index (Phi) is 7.40. The molecule has 186 valence electrons. The maximum atomic E-state index is 12.5. The summed E-state index contributed by atoms with van der Waals surface area (Å²) in [5.41, 5.74) is 2.32. The van der Waals surface area contributed by atoms with Crippen LogP contribution in [0.5, 0.6) is 0 Å². The molecule has 1 aliphatic heterocycles. The third-order valence-corrected chi connectivity index (χ3v) is 6.06. The Morgan fingerprint density at radius 1 is 1.09 bits per heavy atom. The van der Waals surface area contributed by atoms with Crippen LogP contribution in [0.1, 0.15) is 58.9 Å². The van der Waals surface area contributed by atoms with E-state index in [2.05, 4.69) is 14.9 Å². The fraction of sp³-hybridized carbons (Fsp3) is 0.500. The zero-order chi connectivity index (χ0) is 25.2. The number of ether oxygens (including phenoxy) is 1. The lowest BCUT2D eigenvalue weighted by Crippen LogP contribution is -2.50. The number of amides is 1. The Morgan fingerprint density at radius 3 is 2.43 bits per heavy atom. The zero-order valence-corrected chi connectivity index (χ0v) is 21.8. The van der Waals surface area contributed by atoms with Gasteiger partial charge in [0, 0.05) is 49.5 Å². The Morgan fingerprint density at radius 2 is 1.80 bits per heavy atom. The Hall–Kier alpha value is -3.00. The number of pyridine rings is 2. The summed E-state index contributed by atoms with van der Waals surface area (Å²) in [5.74, 6) is 1.98. The predicted octanol–water partition coefficient (Wildman–Crippen LogP) is 5.70. The molecular formula is C26H33ClN6O2. The first-order valence-corrected chi connectivity index (χ1v) is 12.7. The van der Waals surface area contributed by atoms with Gasteiger partial charge in [-0.25, -0.2) is 19.7 Å². The summed E-state index contributed by atoms with van der Waals surface area (Å²) in [5, 5.41) is 1.45. The summed E-state index contributed by atoms with van der Waals surface area (Å²) in [7, 11) is 0. The average Bonchev–Trinajstić information content (AvgIpc) is 3.69. The first kappa shape index (κ1) is 25.1. The highest BCUT2D eigenvalue weighted by Gasteiger charge is 2.31. The van der Waals surface area contributed by atoms with Gasteiger partial charge in [-0.3, -0.25) is 4.98 Å². The first-order chi connectivity index (χ1) is 16.8. The summed E-state index contributed by atoms with van der Waals surface area (Å²) >= 11 is 6.13. The minimum absolute atomic E-state index is 0.273. The predicted molar refractivity (Wildman–Crippen MR) is 139 cm³/mol. The van der Waals surface area contributed by atoms with Gasteiger partial charge in [-0.15, -0.1) is 0 Å². The van der Waals surface area contributed by atoms with Gasteiger partial charge in [0.2, 0.25) is 0 Å². The van der Waals surface area contributed by atoms with Crippen LogP contribution in [0.2, 0.25) is 5.15 Å². The molecule has 1 aliphatic carbocycles. The number of piperazine rings is 1. The number of carbonyl (C=O) groups excluding carboxylic acids is 1. The maximum Gasteiger partial charge on any atom is 0.410 e. The Bertz CT molecular complexity index is 1200. The van der Waals surface area contributed by atoms with E-state index in [1.54, 1.807) is 23.4 Å². The van der Waals surface area contributed by atoms with E-state index in [1.165, 1.54) is 5.56 Å². The molecule has 4 heterocycles. The molecule has 0 unspecified atom stereocenters. The van der Waals surface area contributed by atoms with E-state index in [-0.39, 0.29) is 6.09 Å². The molecule has 2 fully saturated rings. The molecule has 0 atom stereocenters. The van der Waals surface area contributed by atoms with E-state index in [1.807, 2.05) is 46.9 Å². The van der Waals surface area contributed by atoms with E-state index >= 15 is 0 Å². The van der Waals surface area contributed by atoms with Gasteiger partial charge in [-0.1, -0.05) is 25.4 Å². The molecule has 2 aliphatic rings. The SMILES string of the molecule is CC.CC(C)(C)OC(=O)N1CCN(c2nc(-c3ccnc(Cl)c3)nc3cncc(C4CC4)c23)CC1. The van der Waals surface area contributed by atoms with Crippen LogP contribution in [0.4, 0.5) is 10.6 Å². The van der Waals surface area contributed by atoms with Crippen LogP contribution in [0.15, 0.2) is 30.7 Å². The second-order valence-electron chi connectivity index (χ2n) is 9.59. The molecule has 9 heteroatoms. The van der Waals surface area contributed by atoms with Crippen LogP contribution in [0.3, 0.4) is 0 Å². The topological polar surface area (TPSA) is 84.3 Å². The fourth-order valence-electron chi connectivity index (χ4n) is 4.12. The summed E-state index contributed by atoms with van der Waals surface area (Å²) in [4.78, 5) is 34.9. The molecule has 8 nitrogen and oxygen atoms in total. The van der Waals surface area contributed by atoms with E-state index in [0.29, 0.717) is 43.1 Å². The van der Waals surface area contributed by atoms with E-state index in [0.717, 1.165) is 35.1 Å². The van der Waals surface area contributed by atoms with Gasteiger partial charge in [0.25, 0.3) is 0 Å². The summed E-state index contributed by atoms with van der Waals surface area (Å²) in [6.45, 7) is 12.1. The number of halogens is 1. The third kappa shape index (κ3) is 5.81. The highest BCUT2D eigenvalue weighted by atomic mass is 35.5. The fourth-order valence-corrected chi connectivity index (χ4v) is 4.29. The van der Waals surface area contributed by atoms with Crippen molar-refractivity contribution in [3.05, 3.63) is 41.4 Å². The van der Waals surface area contributed by atoms with E-state index in [9.17, 15) is 4.79 Å². The maximum absolute atomic E-state index is 12.5. The van der Waals surface area contributed by atoms with Crippen molar-refractivity contribution in [1.82, 2.24) is 24.8 Å². The van der Waals surface area contributed by atoms with Gasteiger partial charge in [0.05, 0.1) is 11.7 Å². The molecule has 0 bridgehead atoms. The second kappa shape index (κ2) is 10.3. The van der Waals surface area contributed by atoms with Crippen molar-refractivity contribution in [1.29, 1.82) is 0 Å². The normalized spacial score (nSPS) is 16.1. The van der Waals surface area contributed by atoms with Crippen LogP contribution in [0.25, 0.3) is 22.3 Å². The largest absolute Gasteiger partial charge is 0.444 e. The summed E-state index contributed by atoms with van der Waals surface area (Å²) in [6, 6.07) is 3.63. The molecule has 35 heavy (non-hydrogen) atoms. The zero-order valence-electron chi connectivity index (χ0n) is 21.1. The highest BCUT2D eigenvalue weighted by Crippen LogP contribution is 2.45. The monoisotopic (exact) mass is 496 g/mol. The van der Waals surface area contributed by atoms with Gasteiger partial charge >= 0.3 is 6.09 Å². The van der Waals surface area contributed by atoms with Crippen molar-refractivity contribution in [2.75, 3.05) is 31.1 Å². The Labute approximate surface area is 211 Å². The highest BCUT2D eigenvalue weighted by molar-refractivity contribution is 6.29. The van der Waals surface area contributed by atoms with Crippen molar-refractivity contribution in [3.63, 3.8) is 0 Å². The van der Waals surface area contributed by atoms with E-state index in [4.69, 9.17) is 26.3 Å². The molecular weight excluding hydrogens is 464 g/mol. The van der Waals surface area contributed by atoms with Crippen LogP contribution in [0, 0.1) is 0 Å². The van der Waals surface area contributed by atoms with Crippen LogP contribution in [-0.4, -0.2) is 62.7 Å². The molecule has 1 saturated heterocycles. The van der Waals surface area contributed by atoms with Gasteiger partial charge in [-0.05, 0) is 57.2 Å². The molecule has 1 saturated carbocycles. The number of carbonyl (C=O) groups is 1. The lowest BCUT2D eigenvalue weighted by Gasteiger charge is -2.36. The first-order valence-electron chi connectivity index (χ1n) is 12.3. The summed E-state index contributed by atoms with van der Waals surface area (Å²) < 4.78 is 5.55. The van der Waals surface area contributed by atoms with Crippen LogP contribution >= 0.6 is 11.6 Å². The van der Waals surface area contributed by atoms with Crippen molar-refractivity contribution >= 4 is 34.4 Å². The average molecular weight is 497 g/mol. The standard InChI is InChI=1S/C24H27ClN6O2.C2H6/c1-24(2,3)33-23(32)31-10-8-30(9-11-31)22-20-17(15-4-5-15)13-26-14-18(20)28-21(29-22)16-6-7-27-19(25)12-16;1-2/h6-7,12-15H,4-5,8-11H2,1-3H3;1-2H3. The van der Waals surface area contributed by atoms with Crippen molar-refractivity contribution < 1.29 is 9.53 Å². The minimum Gasteiger partial charge on any atom is -0.444 e. The van der Waals surface area contributed by atoms with E-state index < -0.39 is 5.60 Å². The molecule has 0 N–H and O–H groups in total. The van der Waals surface area contributed by atoms with Crippen LogP contribution < -0.4 is 4.90 Å². The number of rotatable bonds is 3. The van der Waals surface area contributed by atoms with Gasteiger partial charge in [-0.2, -0.15) is 0 Å². The quantitative estimate of drug-likeness (QED) is 0.430. The molecule has 1 amide bonds. The third-order valence-electron chi connectivity index (χ3n) is 5.85. The molecule has 5 rings (SSSR count). The number of anilines is 1. The number of nitrogens with zero attached hydrogens (tertiary/aromatic N) is 6. The molecule has 0 radical (unpaired) electrons. The number of hydrogen-bond donors (Lipinski definition) is 0. The number of fused-ring (bicyclic) bond motifs is 1. The van der Waals surface area contributed by atoms with Gasteiger partial charge in [0.1, 0.15) is 16.6 Å². The van der Waals surface area contributed by atoms with Gasteiger partial charge < -0.3 is 14.5 Å². The smallest absolute Gasteiger partial charge is 0.410 e. The lowest BCUT2D eigenvalue weighted by atomic mass is 10.1. The molecule has 3 aromatic heterocycles. The summed E-state index contributed by atoms with van der Waals surface area (Å²) in [6.07, 6.45) is 7.46. The van der Waals surface area contributed by atoms with Crippen molar-refractivity contribution in [2.45, 2.75) is 59.0 Å². The second-order valence-corrected chi connectivity index (χ2v) is 9.98. The minimum atomic E-state index is -0.510. The molecule has 0 aromatic carbocycles. The number of hydrogen-bond acceptors (Lipinski definition) is 7. The Balaban J connectivity index is 0.00000141.